The molecule has 1 atom stereocenters. The summed E-state index contributed by atoms with van der Waals surface area (Å²) in [4.78, 5) is 0. The molecule has 4 heteroatoms. The van der Waals surface area contributed by atoms with Gasteiger partial charge in [-0.15, -0.1) is 0 Å². The second kappa shape index (κ2) is 6.08. The van der Waals surface area contributed by atoms with Crippen LogP contribution in [0, 0.1) is 0 Å². The summed E-state index contributed by atoms with van der Waals surface area (Å²) in [5.74, 6) is 1.80. The Morgan fingerprint density at radius 2 is 2.14 bits per heavy atom. The van der Waals surface area contributed by atoms with E-state index in [-0.39, 0.29) is 6.04 Å². The van der Waals surface area contributed by atoms with E-state index in [1.165, 1.54) is 5.56 Å². The predicted octanol–water partition coefficient (Wildman–Crippen LogP) is 3.98. The zero-order chi connectivity index (χ0) is 14.8. The van der Waals surface area contributed by atoms with Gasteiger partial charge in [0.1, 0.15) is 18.1 Å². The first-order valence-corrected chi connectivity index (χ1v) is 7.86. The molecule has 0 aliphatic carbocycles. The Labute approximate surface area is 133 Å². The van der Waals surface area contributed by atoms with Gasteiger partial charge in [-0.1, -0.05) is 34.1 Å². The summed E-state index contributed by atoms with van der Waals surface area (Å²) in [7, 11) is 0. The highest BCUT2D eigenvalue weighted by Crippen LogP contribution is 2.34. The van der Waals surface area contributed by atoms with E-state index in [1.54, 1.807) is 0 Å². The Morgan fingerprint density at radius 1 is 1.33 bits per heavy atom. The van der Waals surface area contributed by atoms with Gasteiger partial charge >= 0.3 is 0 Å². The predicted molar refractivity (Wildman–Crippen MR) is 86.7 cm³/mol. The topological polar surface area (TPSA) is 44.5 Å². The molecule has 21 heavy (non-hydrogen) atoms. The molecule has 2 aromatic carbocycles. The fourth-order valence-electron chi connectivity index (χ4n) is 2.60. The Bertz CT molecular complexity index is 655. The average molecular weight is 348 g/mol. The number of benzene rings is 2. The van der Waals surface area contributed by atoms with Crippen LogP contribution >= 0.6 is 15.9 Å². The van der Waals surface area contributed by atoms with E-state index in [4.69, 9.17) is 15.2 Å². The molecule has 0 spiro atoms. The summed E-state index contributed by atoms with van der Waals surface area (Å²) in [5.41, 5.74) is 9.31. The summed E-state index contributed by atoms with van der Waals surface area (Å²) in [6, 6.07) is 12.0. The van der Waals surface area contributed by atoms with Crippen LogP contribution in [0.5, 0.6) is 11.5 Å². The SMILES string of the molecule is C[C@H](N)c1ccccc1OCc1cc(Br)cc2c1OCC2. The van der Waals surface area contributed by atoms with Crippen molar-refractivity contribution in [3.63, 3.8) is 0 Å². The highest BCUT2D eigenvalue weighted by atomic mass is 79.9. The van der Waals surface area contributed by atoms with Crippen molar-refractivity contribution >= 4 is 15.9 Å². The number of para-hydroxylation sites is 1. The number of halogens is 1. The molecular weight excluding hydrogens is 330 g/mol. The minimum atomic E-state index is -0.0503. The fraction of sp³-hybridized carbons (Fsp3) is 0.294. The smallest absolute Gasteiger partial charge is 0.129 e. The molecule has 2 aromatic rings. The van der Waals surface area contributed by atoms with Crippen molar-refractivity contribution in [2.45, 2.75) is 26.0 Å². The Hall–Kier alpha value is -1.52. The van der Waals surface area contributed by atoms with Gasteiger partial charge in [-0.25, -0.2) is 0 Å². The maximum absolute atomic E-state index is 5.99. The molecule has 110 valence electrons. The molecule has 0 aromatic heterocycles. The van der Waals surface area contributed by atoms with Crippen molar-refractivity contribution in [3.05, 3.63) is 57.6 Å². The lowest BCUT2D eigenvalue weighted by Crippen LogP contribution is -2.08. The molecule has 1 heterocycles. The third-order valence-electron chi connectivity index (χ3n) is 3.62. The molecule has 0 radical (unpaired) electrons. The Morgan fingerprint density at radius 3 is 2.95 bits per heavy atom. The number of hydrogen-bond acceptors (Lipinski definition) is 3. The average Bonchev–Trinajstić information content (AvgIpc) is 2.93. The summed E-state index contributed by atoms with van der Waals surface area (Å²) < 4.78 is 12.8. The molecule has 0 unspecified atom stereocenters. The van der Waals surface area contributed by atoms with Gasteiger partial charge in [0.15, 0.2) is 0 Å². The first-order chi connectivity index (χ1) is 10.1. The molecule has 1 aliphatic heterocycles. The zero-order valence-corrected chi connectivity index (χ0v) is 13.5. The van der Waals surface area contributed by atoms with Crippen LogP contribution in [0.25, 0.3) is 0 Å². The maximum atomic E-state index is 5.99. The minimum Gasteiger partial charge on any atom is -0.493 e. The second-order valence-corrected chi connectivity index (χ2v) is 6.18. The largest absolute Gasteiger partial charge is 0.493 e. The maximum Gasteiger partial charge on any atom is 0.129 e. The van der Waals surface area contributed by atoms with Gasteiger partial charge in [0.2, 0.25) is 0 Å². The van der Waals surface area contributed by atoms with Gasteiger partial charge < -0.3 is 15.2 Å². The van der Waals surface area contributed by atoms with Gasteiger partial charge in [-0.3, -0.25) is 0 Å². The molecule has 0 saturated carbocycles. The lowest BCUT2D eigenvalue weighted by atomic mass is 10.1. The Kier molecular flexibility index (Phi) is 4.17. The van der Waals surface area contributed by atoms with E-state index in [0.29, 0.717) is 6.61 Å². The minimum absolute atomic E-state index is 0.0503. The van der Waals surface area contributed by atoms with Crippen LogP contribution in [0.4, 0.5) is 0 Å². The number of fused-ring (bicyclic) bond motifs is 1. The number of ether oxygens (including phenoxy) is 2. The van der Waals surface area contributed by atoms with Gasteiger partial charge in [0.25, 0.3) is 0 Å². The van der Waals surface area contributed by atoms with Crippen LogP contribution in [-0.4, -0.2) is 6.61 Å². The molecule has 0 amide bonds. The van der Waals surface area contributed by atoms with Crippen molar-refractivity contribution in [1.29, 1.82) is 0 Å². The molecule has 3 rings (SSSR count). The lowest BCUT2D eigenvalue weighted by molar-refractivity contribution is 0.288. The summed E-state index contributed by atoms with van der Waals surface area (Å²) in [6.45, 7) is 3.18. The van der Waals surface area contributed by atoms with Gasteiger partial charge in [0, 0.05) is 28.1 Å². The molecule has 0 saturated heterocycles. The summed E-state index contributed by atoms with van der Waals surface area (Å²) in [5, 5.41) is 0. The van der Waals surface area contributed by atoms with Crippen molar-refractivity contribution in [1.82, 2.24) is 0 Å². The van der Waals surface area contributed by atoms with E-state index in [0.717, 1.165) is 40.1 Å². The third-order valence-corrected chi connectivity index (χ3v) is 4.08. The quantitative estimate of drug-likeness (QED) is 0.909. The molecule has 0 bridgehead atoms. The van der Waals surface area contributed by atoms with Crippen LogP contribution in [0.15, 0.2) is 40.9 Å². The van der Waals surface area contributed by atoms with Gasteiger partial charge in [-0.2, -0.15) is 0 Å². The van der Waals surface area contributed by atoms with E-state index in [2.05, 4.69) is 28.1 Å². The van der Waals surface area contributed by atoms with Crippen LogP contribution in [0.1, 0.15) is 29.7 Å². The van der Waals surface area contributed by atoms with Gasteiger partial charge in [-0.05, 0) is 30.7 Å². The molecule has 0 fully saturated rings. The molecule has 2 N–H and O–H groups in total. The summed E-state index contributed by atoms with van der Waals surface area (Å²) in [6.07, 6.45) is 0.957. The third kappa shape index (κ3) is 3.06. The van der Waals surface area contributed by atoms with Crippen molar-refractivity contribution < 1.29 is 9.47 Å². The monoisotopic (exact) mass is 347 g/mol. The molecular formula is C17H18BrNO2. The first kappa shape index (κ1) is 14.4. The second-order valence-electron chi connectivity index (χ2n) is 5.27. The van der Waals surface area contributed by atoms with Crippen LogP contribution in [0.3, 0.4) is 0 Å². The van der Waals surface area contributed by atoms with Crippen molar-refractivity contribution in [3.8, 4) is 11.5 Å². The highest BCUT2D eigenvalue weighted by Gasteiger charge is 2.18. The number of nitrogens with two attached hydrogens (primary N) is 1. The standard InChI is InChI=1S/C17H18BrNO2/c1-11(19)15-4-2-3-5-16(15)21-10-13-9-14(18)8-12-6-7-20-17(12)13/h2-5,8-9,11H,6-7,10,19H2,1H3/t11-/m0/s1. The number of hydrogen-bond donors (Lipinski definition) is 1. The van der Waals surface area contributed by atoms with Crippen LogP contribution in [0.2, 0.25) is 0 Å². The van der Waals surface area contributed by atoms with Crippen LogP contribution in [-0.2, 0) is 13.0 Å². The van der Waals surface area contributed by atoms with E-state index in [9.17, 15) is 0 Å². The van der Waals surface area contributed by atoms with Gasteiger partial charge in [0.05, 0.1) is 6.61 Å². The number of rotatable bonds is 4. The van der Waals surface area contributed by atoms with Crippen molar-refractivity contribution in [2.75, 3.05) is 6.61 Å². The highest BCUT2D eigenvalue weighted by molar-refractivity contribution is 9.10. The first-order valence-electron chi connectivity index (χ1n) is 7.06. The van der Waals surface area contributed by atoms with E-state index < -0.39 is 0 Å². The zero-order valence-electron chi connectivity index (χ0n) is 11.9. The summed E-state index contributed by atoms with van der Waals surface area (Å²) >= 11 is 3.55. The molecule has 3 nitrogen and oxygen atoms in total. The van der Waals surface area contributed by atoms with E-state index >= 15 is 0 Å². The van der Waals surface area contributed by atoms with Crippen molar-refractivity contribution in [2.24, 2.45) is 5.73 Å². The van der Waals surface area contributed by atoms with Crippen LogP contribution < -0.4 is 15.2 Å². The fourth-order valence-corrected chi connectivity index (χ4v) is 3.15. The molecule has 1 aliphatic rings. The normalized spacial score (nSPS) is 14.4. The Balaban J connectivity index is 1.83. The lowest BCUT2D eigenvalue weighted by Gasteiger charge is -2.15. The van der Waals surface area contributed by atoms with E-state index in [1.807, 2.05) is 31.2 Å².